The highest BCUT2D eigenvalue weighted by atomic mass is 35.6. The molecule has 0 aromatic rings. The molecule has 1 saturated carbocycles. The Kier molecular flexibility index (Phi) is 8.19. The molecule has 3 aliphatic heterocycles. The van der Waals surface area contributed by atoms with E-state index in [-0.39, 0.29) is 24.0 Å². The van der Waals surface area contributed by atoms with Crippen molar-refractivity contribution in [2.45, 2.75) is 70.5 Å². The zero-order valence-corrected chi connectivity index (χ0v) is 22.6. The summed E-state index contributed by atoms with van der Waals surface area (Å²) in [6.45, 7) is -1.25. The molecular weight excluding hydrogens is 586 g/mol. The number of amides is 2. The van der Waals surface area contributed by atoms with Crippen LogP contribution in [0.2, 0.25) is 0 Å². The Balaban J connectivity index is 1.53. The van der Waals surface area contributed by atoms with E-state index in [0.717, 1.165) is 19.3 Å². The molecular formula is C18H22Cl6NO7P. The van der Waals surface area contributed by atoms with Crippen LogP contribution in [0.4, 0.5) is 0 Å². The third-order valence-corrected chi connectivity index (χ3v) is 8.43. The number of imide groups is 1. The molecule has 0 radical (unpaired) electrons. The van der Waals surface area contributed by atoms with Gasteiger partial charge in [0.1, 0.15) is 13.2 Å². The maximum Gasteiger partial charge on any atom is 0.475 e. The number of carbonyl (C=O) groups excluding carboxylic acids is 2. The molecule has 0 spiro atoms. The number of ether oxygens (including phenoxy) is 1. The van der Waals surface area contributed by atoms with E-state index in [0.29, 0.717) is 19.3 Å². The maximum atomic E-state index is 13.4. The molecule has 0 aromatic heterocycles. The van der Waals surface area contributed by atoms with Crippen molar-refractivity contribution in [3.63, 3.8) is 0 Å². The van der Waals surface area contributed by atoms with E-state index in [1.165, 1.54) is 4.90 Å². The smallest absolute Gasteiger partial charge is 0.373 e. The number of phosphoric acid groups is 1. The van der Waals surface area contributed by atoms with Gasteiger partial charge in [-0.3, -0.25) is 28.1 Å². The molecule has 4 aliphatic rings. The van der Waals surface area contributed by atoms with E-state index in [9.17, 15) is 14.2 Å². The molecule has 4 rings (SSSR count). The lowest BCUT2D eigenvalue weighted by atomic mass is 9.81. The van der Waals surface area contributed by atoms with Gasteiger partial charge in [-0.1, -0.05) is 82.4 Å². The van der Waals surface area contributed by atoms with Gasteiger partial charge >= 0.3 is 7.82 Å². The zero-order chi connectivity index (χ0) is 24.2. The Bertz CT molecular complexity index is 786. The normalized spacial score (nSPS) is 34.9. The predicted octanol–water partition coefficient (Wildman–Crippen LogP) is 5.36. The standard InChI is InChI=1S/C18H22Cl6NO7P/c19-17(20,21)7-29-33(28,30-8-18(22,23)24)32-10-4-2-1-3-9(10)25-15(26)13-11-5-6-12(31-11)14(13)16(25)27/h9-14H,1-8H2/t9-,10-,11-,12+,13-,14+/m0/s1. The first-order chi connectivity index (χ1) is 15.3. The van der Waals surface area contributed by atoms with Gasteiger partial charge in [0.25, 0.3) is 0 Å². The van der Waals surface area contributed by atoms with E-state index < -0.39 is 52.6 Å². The quantitative estimate of drug-likeness (QED) is 0.219. The summed E-state index contributed by atoms with van der Waals surface area (Å²) in [6, 6.07) is -0.648. The van der Waals surface area contributed by atoms with Crippen LogP contribution >= 0.6 is 77.4 Å². The first kappa shape index (κ1) is 27.0. The van der Waals surface area contributed by atoms with Gasteiger partial charge < -0.3 is 4.74 Å². The van der Waals surface area contributed by atoms with Crippen LogP contribution < -0.4 is 0 Å². The zero-order valence-electron chi connectivity index (χ0n) is 17.1. The van der Waals surface area contributed by atoms with Crippen LogP contribution in [0.15, 0.2) is 0 Å². The fraction of sp³-hybridized carbons (Fsp3) is 0.889. The first-order valence-electron chi connectivity index (χ1n) is 10.5. The molecule has 4 fully saturated rings. The van der Waals surface area contributed by atoms with Crippen molar-refractivity contribution in [3.8, 4) is 0 Å². The summed E-state index contributed by atoms with van der Waals surface area (Å²) in [6.07, 6.45) is 2.56. The van der Waals surface area contributed by atoms with Crippen LogP contribution in [-0.2, 0) is 32.5 Å². The molecule has 3 saturated heterocycles. The highest BCUT2D eigenvalue weighted by molar-refractivity contribution is 7.48. The highest BCUT2D eigenvalue weighted by Gasteiger charge is 2.64. The van der Waals surface area contributed by atoms with Gasteiger partial charge in [-0.25, -0.2) is 4.57 Å². The average molecular weight is 608 g/mol. The van der Waals surface area contributed by atoms with Crippen molar-refractivity contribution in [1.82, 2.24) is 4.90 Å². The number of hydrogen-bond acceptors (Lipinski definition) is 7. The minimum atomic E-state index is -4.41. The molecule has 3 heterocycles. The van der Waals surface area contributed by atoms with Crippen LogP contribution in [0.3, 0.4) is 0 Å². The van der Waals surface area contributed by atoms with E-state index in [4.69, 9.17) is 87.9 Å². The van der Waals surface area contributed by atoms with Crippen LogP contribution in [0.5, 0.6) is 0 Å². The second-order valence-electron chi connectivity index (χ2n) is 8.61. The van der Waals surface area contributed by atoms with Gasteiger partial charge in [0, 0.05) is 0 Å². The molecule has 0 aromatic carbocycles. The molecule has 6 atom stereocenters. The molecule has 2 amide bonds. The van der Waals surface area contributed by atoms with E-state index in [2.05, 4.69) is 0 Å². The number of carbonyl (C=O) groups is 2. The first-order valence-corrected chi connectivity index (χ1v) is 14.2. The third-order valence-electron chi connectivity index (χ3n) is 6.35. The SMILES string of the molecule is O=C1[C@@H]2[C@H](C(=O)N1[C@H]1CCCC[C@@H]1OP(=O)(OCC(Cl)(Cl)Cl)OCC(Cl)(Cl)Cl)[C@H]1CC[C@@H]2O1. The Morgan fingerprint density at radius 3 is 1.82 bits per heavy atom. The third kappa shape index (κ3) is 6.10. The van der Waals surface area contributed by atoms with Gasteiger partial charge in [-0.2, -0.15) is 0 Å². The lowest BCUT2D eigenvalue weighted by Gasteiger charge is -2.38. The summed E-state index contributed by atoms with van der Waals surface area (Å²) in [5.74, 6) is -1.52. The maximum absolute atomic E-state index is 13.4. The Labute approximate surface area is 221 Å². The second kappa shape index (κ2) is 10.0. The van der Waals surface area contributed by atoms with E-state index in [1.54, 1.807) is 0 Å². The minimum Gasteiger partial charge on any atom is -0.373 e. The van der Waals surface area contributed by atoms with Gasteiger partial charge in [-0.05, 0) is 25.7 Å². The second-order valence-corrected chi connectivity index (χ2v) is 15.3. The van der Waals surface area contributed by atoms with Crippen LogP contribution in [0, 0.1) is 11.8 Å². The topological polar surface area (TPSA) is 91.4 Å². The summed E-state index contributed by atoms with van der Waals surface area (Å²) >= 11 is 34.3. The molecule has 0 unspecified atom stereocenters. The highest BCUT2D eigenvalue weighted by Crippen LogP contribution is 2.56. The summed E-state index contributed by atoms with van der Waals surface area (Å²) in [5.41, 5.74) is 0. The Morgan fingerprint density at radius 1 is 0.848 bits per heavy atom. The molecule has 188 valence electrons. The van der Waals surface area contributed by atoms with Gasteiger partial charge in [0.2, 0.25) is 19.4 Å². The Hall–Kier alpha value is 0.950. The van der Waals surface area contributed by atoms with Crippen molar-refractivity contribution in [1.29, 1.82) is 0 Å². The molecule has 15 heteroatoms. The number of nitrogens with zero attached hydrogens (tertiary/aromatic N) is 1. The molecule has 0 N–H and O–H groups in total. The molecule has 8 nitrogen and oxygen atoms in total. The average Bonchev–Trinajstić information content (AvgIpc) is 3.39. The molecule has 2 bridgehead atoms. The molecule has 1 aliphatic carbocycles. The fourth-order valence-corrected chi connectivity index (χ4v) is 7.39. The van der Waals surface area contributed by atoms with Crippen LogP contribution in [-0.4, -0.2) is 61.9 Å². The lowest BCUT2D eigenvalue weighted by Crippen LogP contribution is -2.50. The van der Waals surface area contributed by atoms with Crippen molar-refractivity contribution in [3.05, 3.63) is 0 Å². The minimum absolute atomic E-state index is 0.240. The fourth-order valence-electron chi connectivity index (χ4n) is 5.13. The van der Waals surface area contributed by atoms with Crippen molar-refractivity contribution in [2.75, 3.05) is 13.2 Å². The van der Waals surface area contributed by atoms with E-state index in [1.807, 2.05) is 0 Å². The van der Waals surface area contributed by atoms with Crippen molar-refractivity contribution < 1.29 is 32.5 Å². The monoisotopic (exact) mass is 605 g/mol. The molecule has 33 heavy (non-hydrogen) atoms. The van der Waals surface area contributed by atoms with Gasteiger partial charge in [0.05, 0.1) is 36.2 Å². The number of likely N-dealkylation sites (tertiary alicyclic amines) is 1. The number of fused-ring (bicyclic) bond motifs is 5. The number of halogens is 6. The van der Waals surface area contributed by atoms with Crippen LogP contribution in [0.1, 0.15) is 38.5 Å². The van der Waals surface area contributed by atoms with E-state index >= 15 is 0 Å². The van der Waals surface area contributed by atoms with Gasteiger partial charge in [-0.15, -0.1) is 0 Å². The largest absolute Gasteiger partial charge is 0.475 e. The number of hydrogen-bond donors (Lipinski definition) is 0. The van der Waals surface area contributed by atoms with Crippen molar-refractivity contribution in [2.24, 2.45) is 11.8 Å². The Morgan fingerprint density at radius 2 is 1.33 bits per heavy atom. The number of alkyl halides is 6. The van der Waals surface area contributed by atoms with Gasteiger partial charge in [0.15, 0.2) is 0 Å². The summed E-state index contributed by atoms with van der Waals surface area (Å²) in [4.78, 5) is 27.8. The summed E-state index contributed by atoms with van der Waals surface area (Å²) < 4.78 is 31.5. The van der Waals surface area contributed by atoms with Crippen molar-refractivity contribution >= 4 is 89.2 Å². The van der Waals surface area contributed by atoms with Crippen LogP contribution in [0.25, 0.3) is 0 Å². The summed E-state index contributed by atoms with van der Waals surface area (Å²) in [5, 5.41) is 0. The number of rotatable bonds is 7. The summed E-state index contributed by atoms with van der Waals surface area (Å²) in [7, 11) is -4.41. The lowest BCUT2D eigenvalue weighted by molar-refractivity contribution is -0.149. The number of phosphoric ester groups is 1. The predicted molar refractivity (Wildman–Crippen MR) is 124 cm³/mol.